The highest BCUT2D eigenvalue weighted by molar-refractivity contribution is 7.10. The molecule has 1 aliphatic heterocycles. The first-order chi connectivity index (χ1) is 14.4. The number of halogens is 1. The molecular weight excluding hydrogens is 444 g/mol. The minimum Gasteiger partial charge on any atom is -0.507 e. The molecule has 1 aliphatic rings. The minimum absolute atomic E-state index is 0.0171. The van der Waals surface area contributed by atoms with Crippen LogP contribution in [0.2, 0.25) is 5.02 Å². The third-order valence-electron chi connectivity index (χ3n) is 4.61. The number of fused-ring (bicyclic) bond motifs is 1. The zero-order valence-electron chi connectivity index (χ0n) is 16.1. The number of benzene rings is 1. The molecule has 0 radical (unpaired) electrons. The van der Waals surface area contributed by atoms with Crippen molar-refractivity contribution in [3.05, 3.63) is 82.1 Å². The predicted molar refractivity (Wildman–Crippen MR) is 118 cm³/mol. The van der Waals surface area contributed by atoms with Gasteiger partial charge in [-0.25, -0.2) is 9.79 Å². The van der Waals surface area contributed by atoms with Crippen molar-refractivity contribution in [1.29, 1.82) is 0 Å². The van der Waals surface area contributed by atoms with Crippen molar-refractivity contribution in [3.63, 3.8) is 0 Å². The molecule has 154 valence electrons. The van der Waals surface area contributed by atoms with Gasteiger partial charge in [0.25, 0.3) is 5.56 Å². The molecule has 6 nitrogen and oxygen atoms in total. The van der Waals surface area contributed by atoms with Gasteiger partial charge >= 0.3 is 5.97 Å². The summed E-state index contributed by atoms with van der Waals surface area (Å²) in [6, 6.07) is 7.77. The number of carbonyl (C=O) groups is 1. The number of ether oxygens (including phenoxy) is 1. The summed E-state index contributed by atoms with van der Waals surface area (Å²) in [5.74, 6) is -0.470. The smallest absolute Gasteiger partial charge is 0.338 e. The molecule has 0 saturated carbocycles. The standard InChI is InChI=1S/C21H17ClN2O4S2/c1-3-28-20(27)17-11(2)23-21-24(18(17)15-5-4-8-29-15)19(26)16(30-21)10-12-9-13(22)6-7-14(12)25/h4-10,18,25H,3H2,1-2H3/b16-10+/t18-/m1/s1. The van der Waals surface area contributed by atoms with E-state index in [9.17, 15) is 14.7 Å². The number of esters is 1. The third-order valence-corrected chi connectivity index (χ3v) is 6.75. The molecule has 30 heavy (non-hydrogen) atoms. The second-order valence-electron chi connectivity index (χ2n) is 6.52. The SMILES string of the molecule is CCOC(=O)C1=C(C)N=c2s/c(=C/c3cc(Cl)ccc3O)c(=O)n2[C@@H]1c1cccs1. The Hall–Kier alpha value is -2.68. The van der Waals surface area contributed by atoms with E-state index in [1.54, 1.807) is 32.1 Å². The van der Waals surface area contributed by atoms with Crippen molar-refractivity contribution in [2.75, 3.05) is 6.61 Å². The number of hydrogen-bond acceptors (Lipinski definition) is 7. The van der Waals surface area contributed by atoms with Crippen LogP contribution >= 0.6 is 34.3 Å². The third kappa shape index (κ3) is 3.62. The fraction of sp³-hybridized carbons (Fsp3) is 0.190. The monoisotopic (exact) mass is 460 g/mol. The predicted octanol–water partition coefficient (Wildman–Crippen LogP) is 3.22. The van der Waals surface area contributed by atoms with Gasteiger partial charge in [0.05, 0.1) is 22.4 Å². The topological polar surface area (TPSA) is 80.9 Å². The summed E-state index contributed by atoms with van der Waals surface area (Å²) in [4.78, 5) is 31.9. The molecule has 1 atom stereocenters. The molecule has 0 aliphatic carbocycles. The molecule has 0 unspecified atom stereocenters. The number of thiophene rings is 1. The van der Waals surface area contributed by atoms with Crippen LogP contribution in [0.5, 0.6) is 5.75 Å². The summed E-state index contributed by atoms with van der Waals surface area (Å²) < 4.78 is 7.14. The van der Waals surface area contributed by atoms with Gasteiger partial charge in [-0.15, -0.1) is 11.3 Å². The maximum atomic E-state index is 13.3. The highest BCUT2D eigenvalue weighted by Gasteiger charge is 2.33. The number of aromatic hydroxyl groups is 1. The van der Waals surface area contributed by atoms with E-state index in [2.05, 4.69) is 4.99 Å². The van der Waals surface area contributed by atoms with E-state index in [-0.39, 0.29) is 17.9 Å². The molecule has 1 aromatic carbocycles. The largest absolute Gasteiger partial charge is 0.507 e. The van der Waals surface area contributed by atoms with E-state index in [4.69, 9.17) is 16.3 Å². The Morgan fingerprint density at radius 2 is 2.20 bits per heavy atom. The molecule has 1 N–H and O–H groups in total. The van der Waals surface area contributed by atoms with Gasteiger partial charge in [0, 0.05) is 15.5 Å². The summed E-state index contributed by atoms with van der Waals surface area (Å²) in [5.41, 5.74) is 1.00. The van der Waals surface area contributed by atoms with E-state index in [1.165, 1.54) is 33.3 Å². The fourth-order valence-electron chi connectivity index (χ4n) is 3.29. The Balaban J connectivity index is 1.96. The fourth-order valence-corrected chi connectivity index (χ4v) is 5.33. The molecule has 4 rings (SSSR count). The molecule has 9 heteroatoms. The Labute approximate surface area is 184 Å². The number of rotatable bonds is 4. The van der Waals surface area contributed by atoms with Crippen LogP contribution < -0.4 is 14.9 Å². The maximum Gasteiger partial charge on any atom is 0.338 e. The Kier molecular flexibility index (Phi) is 5.64. The second-order valence-corrected chi connectivity index (χ2v) is 8.95. The van der Waals surface area contributed by atoms with Crippen molar-refractivity contribution >= 4 is 46.3 Å². The van der Waals surface area contributed by atoms with Gasteiger partial charge in [-0.2, -0.15) is 0 Å². The number of phenolic OH excluding ortho intramolecular Hbond substituents is 1. The Bertz CT molecular complexity index is 1340. The number of thiazole rings is 1. The van der Waals surface area contributed by atoms with Crippen molar-refractivity contribution in [3.8, 4) is 5.75 Å². The van der Waals surface area contributed by atoms with Crippen LogP contribution in [0.3, 0.4) is 0 Å². The van der Waals surface area contributed by atoms with E-state index in [0.29, 0.717) is 31.2 Å². The van der Waals surface area contributed by atoms with E-state index in [0.717, 1.165) is 4.88 Å². The molecule has 3 heterocycles. The summed E-state index contributed by atoms with van der Waals surface area (Å²) in [6.07, 6.45) is 1.58. The lowest BCUT2D eigenvalue weighted by Crippen LogP contribution is -2.39. The van der Waals surface area contributed by atoms with Crippen LogP contribution in [0.25, 0.3) is 6.08 Å². The maximum absolute atomic E-state index is 13.3. The van der Waals surface area contributed by atoms with Gasteiger partial charge in [0.2, 0.25) is 0 Å². The van der Waals surface area contributed by atoms with Crippen LogP contribution in [0.15, 0.2) is 56.8 Å². The zero-order chi connectivity index (χ0) is 21.4. The normalized spacial score (nSPS) is 16.4. The quantitative estimate of drug-likeness (QED) is 0.606. The molecule has 0 amide bonds. The first-order valence-electron chi connectivity index (χ1n) is 9.12. The van der Waals surface area contributed by atoms with E-state index in [1.807, 2.05) is 17.5 Å². The number of aromatic nitrogens is 1. The minimum atomic E-state index is -0.615. The van der Waals surface area contributed by atoms with Gasteiger partial charge in [-0.1, -0.05) is 29.0 Å². The van der Waals surface area contributed by atoms with Gasteiger partial charge in [0.15, 0.2) is 4.80 Å². The number of carbonyl (C=O) groups excluding carboxylic acids is 1. The first-order valence-corrected chi connectivity index (χ1v) is 11.2. The van der Waals surface area contributed by atoms with Gasteiger partial charge in [-0.05, 0) is 49.6 Å². The Morgan fingerprint density at radius 3 is 2.90 bits per heavy atom. The molecule has 0 bridgehead atoms. The number of allylic oxidation sites excluding steroid dienone is 1. The number of nitrogens with zero attached hydrogens (tertiary/aromatic N) is 2. The summed E-state index contributed by atoms with van der Waals surface area (Å²) in [7, 11) is 0. The van der Waals surface area contributed by atoms with Gasteiger partial charge < -0.3 is 9.84 Å². The number of hydrogen-bond donors (Lipinski definition) is 1. The Morgan fingerprint density at radius 1 is 1.40 bits per heavy atom. The van der Waals surface area contributed by atoms with Crippen LogP contribution in [0, 0.1) is 0 Å². The highest BCUT2D eigenvalue weighted by Crippen LogP contribution is 2.33. The molecule has 2 aromatic heterocycles. The zero-order valence-corrected chi connectivity index (χ0v) is 18.5. The van der Waals surface area contributed by atoms with Crippen LogP contribution in [-0.4, -0.2) is 22.2 Å². The first kappa shape index (κ1) is 20.6. The van der Waals surface area contributed by atoms with Gasteiger partial charge in [0.1, 0.15) is 11.8 Å². The van der Waals surface area contributed by atoms with Crippen LogP contribution in [0.1, 0.15) is 30.3 Å². The molecule has 0 spiro atoms. The molecule has 0 fully saturated rings. The molecular formula is C21H17ClN2O4S2. The summed E-state index contributed by atoms with van der Waals surface area (Å²) in [6.45, 7) is 3.71. The second kappa shape index (κ2) is 8.22. The summed E-state index contributed by atoms with van der Waals surface area (Å²) in [5, 5.41) is 12.5. The van der Waals surface area contributed by atoms with Crippen molar-refractivity contribution < 1.29 is 14.6 Å². The highest BCUT2D eigenvalue weighted by atomic mass is 35.5. The lowest BCUT2D eigenvalue weighted by molar-refractivity contribution is -0.139. The number of phenols is 1. The average Bonchev–Trinajstić information content (AvgIpc) is 3.33. The molecule has 3 aromatic rings. The summed E-state index contributed by atoms with van der Waals surface area (Å²) >= 11 is 8.68. The lowest BCUT2D eigenvalue weighted by Gasteiger charge is -2.23. The van der Waals surface area contributed by atoms with Crippen LogP contribution in [-0.2, 0) is 9.53 Å². The van der Waals surface area contributed by atoms with Crippen molar-refractivity contribution in [1.82, 2.24) is 4.57 Å². The van der Waals surface area contributed by atoms with Crippen LogP contribution in [0.4, 0.5) is 0 Å². The average molecular weight is 461 g/mol. The molecule has 0 saturated heterocycles. The van der Waals surface area contributed by atoms with Crippen molar-refractivity contribution in [2.24, 2.45) is 4.99 Å². The van der Waals surface area contributed by atoms with E-state index >= 15 is 0 Å². The van der Waals surface area contributed by atoms with Gasteiger partial charge in [-0.3, -0.25) is 9.36 Å². The van der Waals surface area contributed by atoms with E-state index < -0.39 is 12.0 Å². The lowest BCUT2D eigenvalue weighted by atomic mass is 10.0. The van der Waals surface area contributed by atoms with Crippen molar-refractivity contribution in [2.45, 2.75) is 19.9 Å².